The summed E-state index contributed by atoms with van der Waals surface area (Å²) in [5.74, 6) is 0. The largest absolute Gasteiger partial charge is 0.399 e. The molecule has 5 heteroatoms. The van der Waals surface area contributed by atoms with Crippen molar-refractivity contribution in [3.8, 4) is 0 Å². The number of aromatic nitrogens is 1. The number of fused-ring (bicyclic) bond motifs is 1. The molecule has 0 spiro atoms. The summed E-state index contributed by atoms with van der Waals surface area (Å²) in [5, 5.41) is 0.165. The number of nitrogens with two attached hydrogens (primary N) is 1. The van der Waals surface area contributed by atoms with Crippen molar-refractivity contribution in [1.82, 2.24) is 4.98 Å². The first kappa shape index (κ1) is 12.5. The zero-order chi connectivity index (χ0) is 12.4. The van der Waals surface area contributed by atoms with Gasteiger partial charge >= 0.3 is 0 Å². The summed E-state index contributed by atoms with van der Waals surface area (Å²) < 4.78 is 13.9. The minimum Gasteiger partial charge on any atom is -0.399 e. The second-order valence-corrected chi connectivity index (χ2v) is 7.18. The van der Waals surface area contributed by atoms with Crippen molar-refractivity contribution in [3.63, 3.8) is 0 Å². The number of benzene rings is 1. The maximum absolute atomic E-state index is 12.2. The van der Waals surface area contributed by atoms with Crippen LogP contribution in [0.3, 0.4) is 0 Å². The molecule has 2 N–H and O–H groups in total. The Hall–Kier alpha value is -0.940. The highest BCUT2D eigenvalue weighted by molar-refractivity contribution is 7.87. The summed E-state index contributed by atoms with van der Waals surface area (Å²) in [6.45, 7) is 4.12. The lowest BCUT2D eigenvalue weighted by atomic mass is 10.3. The van der Waals surface area contributed by atoms with Crippen molar-refractivity contribution < 1.29 is 4.21 Å². The van der Waals surface area contributed by atoms with E-state index in [0.717, 1.165) is 28.7 Å². The van der Waals surface area contributed by atoms with E-state index in [1.165, 1.54) is 11.3 Å². The number of rotatable bonds is 4. The monoisotopic (exact) mass is 268 g/mol. The smallest absolute Gasteiger partial charge is 0.182 e. The topological polar surface area (TPSA) is 56.0 Å². The third kappa shape index (κ3) is 2.66. The molecule has 0 bridgehead atoms. The Bertz CT molecular complexity index is 550. The fraction of sp³-hybridized carbons (Fsp3) is 0.417. The molecule has 2 unspecified atom stereocenters. The molecule has 0 amide bonds. The summed E-state index contributed by atoms with van der Waals surface area (Å²) in [7, 11) is -1.00. The van der Waals surface area contributed by atoms with Gasteiger partial charge in [-0.3, -0.25) is 4.21 Å². The number of hydrogen-bond donors (Lipinski definition) is 1. The quantitative estimate of drug-likeness (QED) is 0.866. The SMILES string of the molecule is CCCC(C)S(=O)c1nc2ccc(N)cc2s1. The Balaban J connectivity index is 2.33. The zero-order valence-electron chi connectivity index (χ0n) is 9.97. The summed E-state index contributed by atoms with van der Waals surface area (Å²) >= 11 is 1.48. The maximum Gasteiger partial charge on any atom is 0.182 e. The molecule has 1 heterocycles. The van der Waals surface area contributed by atoms with E-state index >= 15 is 0 Å². The van der Waals surface area contributed by atoms with Crippen LogP contribution < -0.4 is 5.73 Å². The number of anilines is 1. The maximum atomic E-state index is 12.2. The van der Waals surface area contributed by atoms with Crippen molar-refractivity contribution in [3.05, 3.63) is 18.2 Å². The van der Waals surface area contributed by atoms with Crippen molar-refractivity contribution in [2.45, 2.75) is 36.3 Å². The molecule has 2 aromatic rings. The standard InChI is InChI=1S/C12H16N2OS2/c1-3-4-8(2)17(15)12-14-10-6-5-9(13)7-11(10)16-12/h5-8H,3-4,13H2,1-2H3. The van der Waals surface area contributed by atoms with E-state index in [4.69, 9.17) is 5.73 Å². The van der Waals surface area contributed by atoms with Crippen LogP contribution >= 0.6 is 11.3 Å². The second-order valence-electron chi connectivity index (χ2n) is 4.10. The van der Waals surface area contributed by atoms with Gasteiger partial charge in [0, 0.05) is 10.9 Å². The molecule has 0 fully saturated rings. The summed E-state index contributed by atoms with van der Waals surface area (Å²) in [6.07, 6.45) is 2.01. The number of nitrogens with zero attached hydrogens (tertiary/aromatic N) is 1. The molecule has 0 saturated carbocycles. The highest BCUT2D eigenvalue weighted by Crippen LogP contribution is 2.28. The van der Waals surface area contributed by atoms with Gasteiger partial charge in [-0.1, -0.05) is 20.3 Å². The zero-order valence-corrected chi connectivity index (χ0v) is 11.6. The van der Waals surface area contributed by atoms with Gasteiger partial charge in [0.2, 0.25) is 0 Å². The Morgan fingerprint density at radius 3 is 3.00 bits per heavy atom. The van der Waals surface area contributed by atoms with E-state index in [2.05, 4.69) is 11.9 Å². The van der Waals surface area contributed by atoms with E-state index < -0.39 is 10.8 Å². The fourth-order valence-corrected chi connectivity index (χ4v) is 4.51. The van der Waals surface area contributed by atoms with Gasteiger partial charge in [0.05, 0.1) is 21.0 Å². The molecule has 0 aliphatic carbocycles. The van der Waals surface area contributed by atoms with Crippen molar-refractivity contribution in [2.24, 2.45) is 0 Å². The summed E-state index contributed by atoms with van der Waals surface area (Å²) in [6, 6.07) is 5.59. The molecule has 0 radical (unpaired) electrons. The minimum atomic E-state index is -1.00. The molecule has 3 nitrogen and oxygen atoms in total. The fourth-order valence-electron chi connectivity index (χ4n) is 1.69. The predicted octanol–water partition coefficient (Wildman–Crippen LogP) is 3.17. The molecule has 2 rings (SSSR count). The molecule has 0 aliphatic rings. The molecule has 1 aromatic heterocycles. The van der Waals surface area contributed by atoms with E-state index in [1.54, 1.807) is 0 Å². The third-order valence-corrected chi connectivity index (χ3v) is 5.58. The lowest BCUT2D eigenvalue weighted by Crippen LogP contribution is -2.09. The first-order chi connectivity index (χ1) is 8.11. The summed E-state index contributed by atoms with van der Waals surface area (Å²) in [5.41, 5.74) is 7.33. The predicted molar refractivity (Wildman–Crippen MR) is 74.8 cm³/mol. The van der Waals surface area contributed by atoms with Gasteiger partial charge in [-0.2, -0.15) is 0 Å². The average Bonchev–Trinajstić information content (AvgIpc) is 2.71. The van der Waals surface area contributed by atoms with Crippen molar-refractivity contribution >= 4 is 38.0 Å². The molecule has 2 atom stereocenters. The Labute approximate surface area is 108 Å². The van der Waals surface area contributed by atoms with Crippen LogP contribution in [-0.2, 0) is 10.8 Å². The minimum absolute atomic E-state index is 0.165. The number of hydrogen-bond acceptors (Lipinski definition) is 4. The van der Waals surface area contributed by atoms with Crippen LogP contribution in [0, 0.1) is 0 Å². The summed E-state index contributed by atoms with van der Waals surface area (Å²) in [4.78, 5) is 4.42. The Morgan fingerprint density at radius 1 is 1.53 bits per heavy atom. The molecule has 92 valence electrons. The van der Waals surface area contributed by atoms with Gasteiger partial charge in [0.15, 0.2) is 4.34 Å². The van der Waals surface area contributed by atoms with Gasteiger partial charge in [0.1, 0.15) is 0 Å². The average molecular weight is 268 g/mol. The van der Waals surface area contributed by atoms with Gasteiger partial charge in [0.25, 0.3) is 0 Å². The molecule has 0 aliphatic heterocycles. The first-order valence-corrected chi connectivity index (χ1v) is 7.71. The highest BCUT2D eigenvalue weighted by atomic mass is 32.2. The van der Waals surface area contributed by atoms with Gasteiger partial charge < -0.3 is 5.73 Å². The van der Waals surface area contributed by atoms with Crippen LogP contribution in [0.4, 0.5) is 5.69 Å². The second kappa shape index (κ2) is 5.14. The van der Waals surface area contributed by atoms with Crippen molar-refractivity contribution in [1.29, 1.82) is 0 Å². The van der Waals surface area contributed by atoms with Crippen LogP contribution in [0.25, 0.3) is 10.2 Å². The molecular formula is C12H16N2OS2. The highest BCUT2D eigenvalue weighted by Gasteiger charge is 2.16. The van der Waals surface area contributed by atoms with Crippen LogP contribution in [0.5, 0.6) is 0 Å². The van der Waals surface area contributed by atoms with E-state index in [9.17, 15) is 4.21 Å². The molecular weight excluding hydrogens is 252 g/mol. The van der Waals surface area contributed by atoms with Crippen LogP contribution in [0.15, 0.2) is 22.5 Å². The van der Waals surface area contributed by atoms with Gasteiger partial charge in [-0.05, 0) is 24.6 Å². The lowest BCUT2D eigenvalue weighted by molar-refractivity contribution is 0.662. The molecule has 0 saturated heterocycles. The Kier molecular flexibility index (Phi) is 3.79. The number of thiazole rings is 1. The normalized spacial score (nSPS) is 14.9. The van der Waals surface area contributed by atoms with Gasteiger partial charge in [-0.15, -0.1) is 11.3 Å². The van der Waals surface area contributed by atoms with Crippen molar-refractivity contribution in [2.75, 3.05) is 5.73 Å². The van der Waals surface area contributed by atoms with E-state index in [0.29, 0.717) is 4.34 Å². The van der Waals surface area contributed by atoms with E-state index in [-0.39, 0.29) is 5.25 Å². The van der Waals surface area contributed by atoms with E-state index in [1.807, 2.05) is 25.1 Å². The van der Waals surface area contributed by atoms with Gasteiger partial charge in [-0.25, -0.2) is 4.98 Å². The first-order valence-electron chi connectivity index (χ1n) is 5.68. The lowest BCUT2D eigenvalue weighted by Gasteiger charge is -2.06. The third-order valence-electron chi connectivity index (χ3n) is 2.63. The van der Waals surface area contributed by atoms with Crippen LogP contribution in [0.2, 0.25) is 0 Å². The van der Waals surface area contributed by atoms with Crippen LogP contribution in [-0.4, -0.2) is 14.4 Å². The molecule has 17 heavy (non-hydrogen) atoms. The van der Waals surface area contributed by atoms with Crippen LogP contribution in [0.1, 0.15) is 26.7 Å². The molecule has 1 aromatic carbocycles. The number of nitrogen functional groups attached to an aromatic ring is 1. The Morgan fingerprint density at radius 2 is 2.29 bits per heavy atom.